The number of hydrogen-bond donors (Lipinski definition) is 0. The summed E-state index contributed by atoms with van der Waals surface area (Å²) < 4.78 is 4.97. The number of alkyl halides is 1. The van der Waals surface area contributed by atoms with Gasteiger partial charge < -0.3 is 4.74 Å². The number of hydrogen-bond acceptors (Lipinski definition) is 2. The lowest BCUT2D eigenvalue weighted by Gasteiger charge is -2.06. The molecule has 150 valence electrons. The minimum atomic E-state index is -0.135. The van der Waals surface area contributed by atoms with Gasteiger partial charge in [0.05, 0.1) is 6.61 Å². The Morgan fingerprint density at radius 2 is 1.27 bits per heavy atom. The van der Waals surface area contributed by atoms with Crippen LogP contribution in [0.25, 0.3) is 0 Å². The minimum absolute atomic E-state index is 0.135. The number of rotatable bonds is 14. The molecule has 0 aliphatic rings. The van der Waals surface area contributed by atoms with E-state index in [0.29, 0.717) is 13.0 Å². The quantitative estimate of drug-likeness (QED) is 0.161. The first-order valence-electron chi connectivity index (χ1n) is 9.56. The third-order valence-corrected chi connectivity index (χ3v) is 4.12. The highest BCUT2D eigenvalue weighted by Gasteiger charge is 2.00. The van der Waals surface area contributed by atoms with Gasteiger partial charge in [-0.2, -0.15) is 0 Å². The highest BCUT2D eigenvalue weighted by Crippen LogP contribution is 2.13. The van der Waals surface area contributed by atoms with Gasteiger partial charge in [0.25, 0.3) is 0 Å². The highest BCUT2D eigenvalue weighted by molar-refractivity contribution is 9.09. The van der Waals surface area contributed by atoms with Crippen molar-refractivity contribution < 1.29 is 9.53 Å². The van der Waals surface area contributed by atoms with Crippen molar-refractivity contribution in [2.24, 2.45) is 0 Å². The summed E-state index contributed by atoms with van der Waals surface area (Å²) in [5.41, 5.74) is 4.99. The van der Waals surface area contributed by atoms with Crippen LogP contribution >= 0.6 is 15.9 Å². The first kappa shape index (κ1) is 27.1. The van der Waals surface area contributed by atoms with Crippen LogP contribution in [0.2, 0.25) is 0 Å². The van der Waals surface area contributed by atoms with Crippen LogP contribution < -0.4 is 0 Å². The maximum absolute atomic E-state index is 10.8. The molecule has 0 aliphatic carbocycles. The maximum Gasteiger partial charge on any atom is 0.305 e. The van der Waals surface area contributed by atoms with Gasteiger partial charge in [-0.1, -0.05) is 58.3 Å². The molecule has 26 heavy (non-hydrogen) atoms. The van der Waals surface area contributed by atoms with Crippen molar-refractivity contribution in [1.82, 2.24) is 0 Å². The monoisotopic (exact) mass is 426 g/mol. The van der Waals surface area contributed by atoms with Crippen molar-refractivity contribution in [3.63, 3.8) is 0 Å². The summed E-state index contributed by atoms with van der Waals surface area (Å²) in [4.78, 5) is 10.8. The van der Waals surface area contributed by atoms with Crippen molar-refractivity contribution in [3.8, 4) is 0 Å². The van der Waals surface area contributed by atoms with Gasteiger partial charge in [-0.15, -0.1) is 13.2 Å². The Morgan fingerprint density at radius 3 is 1.65 bits per heavy atom. The zero-order valence-electron chi connectivity index (χ0n) is 17.3. The van der Waals surface area contributed by atoms with E-state index >= 15 is 0 Å². The molecule has 0 aromatic carbocycles. The molecule has 0 fully saturated rings. The standard InChI is InChI=1S/C13H22O2.C10H17Br/c1-5-13(14)15-10-9-12(4)8-6-7-11(2)3;1-9(2)5-4-6-10(3)7-8-11/h2,4-10H2,1,3H3;1,3-8H2,2H3. The van der Waals surface area contributed by atoms with E-state index in [4.69, 9.17) is 4.74 Å². The SMILES string of the molecule is C=C(C)CCCC(=C)CCBr.C=C(C)CCCC(=C)CCOC(=O)CC. The van der Waals surface area contributed by atoms with Gasteiger partial charge in [-0.3, -0.25) is 4.79 Å². The Bertz CT molecular complexity index is 449. The van der Waals surface area contributed by atoms with Crippen LogP contribution in [0.4, 0.5) is 0 Å². The molecule has 0 heterocycles. The zero-order chi connectivity index (χ0) is 20.4. The number of halogens is 1. The second kappa shape index (κ2) is 18.7. The van der Waals surface area contributed by atoms with E-state index in [-0.39, 0.29) is 5.97 Å². The Balaban J connectivity index is 0. The lowest BCUT2D eigenvalue weighted by Crippen LogP contribution is -2.04. The van der Waals surface area contributed by atoms with Gasteiger partial charge in [-0.25, -0.2) is 0 Å². The van der Waals surface area contributed by atoms with Crippen LogP contribution in [0, 0.1) is 0 Å². The molecule has 0 atom stereocenters. The van der Waals surface area contributed by atoms with E-state index in [1.807, 2.05) is 6.92 Å². The Morgan fingerprint density at radius 1 is 0.808 bits per heavy atom. The molecule has 0 aromatic heterocycles. The Hall–Kier alpha value is -1.09. The fourth-order valence-corrected chi connectivity index (χ4v) is 2.64. The van der Waals surface area contributed by atoms with Gasteiger partial charge in [0.1, 0.15) is 0 Å². The average Bonchev–Trinajstić information content (AvgIpc) is 2.54. The zero-order valence-corrected chi connectivity index (χ0v) is 18.9. The lowest BCUT2D eigenvalue weighted by atomic mass is 10.1. The Kier molecular flexibility index (Phi) is 19.5. The third kappa shape index (κ3) is 22.9. The Labute approximate surface area is 170 Å². The highest BCUT2D eigenvalue weighted by atomic mass is 79.9. The van der Waals surface area contributed by atoms with Crippen molar-refractivity contribution >= 4 is 21.9 Å². The topological polar surface area (TPSA) is 26.3 Å². The van der Waals surface area contributed by atoms with E-state index in [1.54, 1.807) is 6.92 Å². The largest absolute Gasteiger partial charge is 0.465 e. The van der Waals surface area contributed by atoms with Crippen LogP contribution in [0.1, 0.15) is 78.6 Å². The first-order chi connectivity index (χ1) is 12.2. The number of allylic oxidation sites excluding steroid dienone is 3. The molecule has 0 aliphatic heterocycles. The number of carbonyl (C=O) groups is 1. The van der Waals surface area contributed by atoms with Crippen molar-refractivity contribution in [3.05, 3.63) is 48.6 Å². The van der Waals surface area contributed by atoms with E-state index in [0.717, 1.165) is 55.8 Å². The molecule has 0 amide bonds. The van der Waals surface area contributed by atoms with E-state index in [1.165, 1.54) is 23.1 Å². The lowest BCUT2D eigenvalue weighted by molar-refractivity contribution is -0.143. The van der Waals surface area contributed by atoms with Crippen LogP contribution in [0.5, 0.6) is 0 Å². The second-order valence-corrected chi connectivity index (χ2v) is 7.68. The number of esters is 1. The fourth-order valence-electron chi connectivity index (χ4n) is 2.08. The molecular weight excluding hydrogens is 388 g/mol. The van der Waals surface area contributed by atoms with Gasteiger partial charge >= 0.3 is 5.97 Å². The summed E-state index contributed by atoms with van der Waals surface area (Å²) >= 11 is 3.39. The summed E-state index contributed by atoms with van der Waals surface area (Å²) in [6, 6.07) is 0. The minimum Gasteiger partial charge on any atom is -0.465 e. The molecular formula is C23H39BrO2. The average molecular weight is 427 g/mol. The van der Waals surface area contributed by atoms with E-state index < -0.39 is 0 Å². The third-order valence-electron chi connectivity index (χ3n) is 3.72. The molecule has 0 aromatic rings. The number of carbonyl (C=O) groups excluding carboxylic acids is 1. The maximum atomic E-state index is 10.8. The predicted octanol–water partition coefficient (Wildman–Crippen LogP) is 7.71. The van der Waals surface area contributed by atoms with Gasteiger partial charge in [0, 0.05) is 18.2 Å². The summed E-state index contributed by atoms with van der Waals surface area (Å²) in [5.74, 6) is -0.135. The normalized spacial score (nSPS) is 9.69. The molecule has 2 nitrogen and oxygen atoms in total. The van der Waals surface area contributed by atoms with Gasteiger partial charge in [-0.05, 0) is 58.8 Å². The first-order valence-corrected chi connectivity index (χ1v) is 10.7. The van der Waals surface area contributed by atoms with Crippen LogP contribution in [0.3, 0.4) is 0 Å². The molecule has 0 saturated carbocycles. The molecule has 0 rings (SSSR count). The fraction of sp³-hybridized carbons (Fsp3) is 0.609. The van der Waals surface area contributed by atoms with Crippen molar-refractivity contribution in [2.45, 2.75) is 78.6 Å². The smallest absolute Gasteiger partial charge is 0.305 e. The molecule has 0 bridgehead atoms. The molecule has 0 unspecified atom stereocenters. The summed E-state index contributed by atoms with van der Waals surface area (Å²) in [6.07, 6.45) is 8.97. The van der Waals surface area contributed by atoms with Crippen molar-refractivity contribution in [2.75, 3.05) is 11.9 Å². The predicted molar refractivity (Wildman–Crippen MR) is 120 cm³/mol. The van der Waals surface area contributed by atoms with Crippen LogP contribution in [-0.4, -0.2) is 17.9 Å². The molecule has 3 heteroatoms. The van der Waals surface area contributed by atoms with Gasteiger partial charge in [0.2, 0.25) is 0 Å². The van der Waals surface area contributed by atoms with E-state index in [9.17, 15) is 4.79 Å². The summed E-state index contributed by atoms with van der Waals surface area (Å²) in [5, 5.41) is 1.04. The van der Waals surface area contributed by atoms with E-state index in [2.05, 4.69) is 49.2 Å². The number of ether oxygens (including phenoxy) is 1. The van der Waals surface area contributed by atoms with Crippen molar-refractivity contribution in [1.29, 1.82) is 0 Å². The molecule has 0 spiro atoms. The van der Waals surface area contributed by atoms with Crippen LogP contribution in [0.15, 0.2) is 48.6 Å². The van der Waals surface area contributed by atoms with Gasteiger partial charge in [0.15, 0.2) is 0 Å². The molecule has 0 saturated heterocycles. The summed E-state index contributed by atoms with van der Waals surface area (Å²) in [6.45, 7) is 22.0. The molecule has 0 N–H and O–H groups in total. The molecule has 0 radical (unpaired) electrons. The van der Waals surface area contributed by atoms with Crippen LogP contribution in [-0.2, 0) is 9.53 Å². The summed E-state index contributed by atoms with van der Waals surface area (Å²) in [7, 11) is 0. The second-order valence-electron chi connectivity index (χ2n) is 6.88.